The van der Waals surface area contributed by atoms with Gasteiger partial charge in [-0.05, 0) is 37.5 Å². The Labute approximate surface area is 124 Å². The highest BCUT2D eigenvalue weighted by Crippen LogP contribution is 2.48. The molecular weight excluding hydrogens is 276 g/mol. The maximum absolute atomic E-state index is 12.0. The standard InChI is InChI=1S/C15H21ClN2O2/c1-11(9-19)18(2)14(20)17-10-15(6-7-15)12-4-3-5-13(16)8-12/h3-5,8,11,19H,6-7,9-10H2,1-2H3,(H,17,20). The number of likely N-dealkylation sites (N-methyl/N-ethyl adjacent to an activating group) is 1. The number of rotatable bonds is 5. The maximum Gasteiger partial charge on any atom is 0.317 e. The van der Waals surface area contributed by atoms with Gasteiger partial charge in [0.2, 0.25) is 0 Å². The van der Waals surface area contributed by atoms with Crippen molar-refractivity contribution in [3.8, 4) is 0 Å². The molecule has 1 aliphatic rings. The first-order valence-corrected chi connectivity index (χ1v) is 7.24. The highest BCUT2D eigenvalue weighted by molar-refractivity contribution is 6.30. The van der Waals surface area contributed by atoms with Crippen molar-refractivity contribution in [1.82, 2.24) is 10.2 Å². The summed E-state index contributed by atoms with van der Waals surface area (Å²) in [6.07, 6.45) is 2.12. The fraction of sp³-hybridized carbons (Fsp3) is 0.533. The first-order valence-electron chi connectivity index (χ1n) is 6.86. The molecule has 1 aromatic rings. The summed E-state index contributed by atoms with van der Waals surface area (Å²) in [6.45, 7) is 2.38. The van der Waals surface area contributed by atoms with E-state index >= 15 is 0 Å². The van der Waals surface area contributed by atoms with Gasteiger partial charge in [-0.1, -0.05) is 23.7 Å². The smallest absolute Gasteiger partial charge is 0.317 e. The second-order valence-corrected chi connectivity index (χ2v) is 6.03. The van der Waals surface area contributed by atoms with Crippen molar-refractivity contribution in [2.24, 2.45) is 0 Å². The van der Waals surface area contributed by atoms with Gasteiger partial charge in [0.1, 0.15) is 0 Å². The molecule has 0 spiro atoms. The lowest BCUT2D eigenvalue weighted by atomic mass is 9.96. The molecular formula is C15H21ClN2O2. The molecule has 110 valence electrons. The molecule has 0 aliphatic heterocycles. The summed E-state index contributed by atoms with van der Waals surface area (Å²) in [5.74, 6) is 0. The Hall–Kier alpha value is -1.26. The van der Waals surface area contributed by atoms with Gasteiger partial charge in [-0.2, -0.15) is 0 Å². The Bertz CT molecular complexity index is 489. The van der Waals surface area contributed by atoms with Crippen molar-refractivity contribution in [2.45, 2.75) is 31.2 Å². The summed E-state index contributed by atoms with van der Waals surface area (Å²) in [6, 6.07) is 7.50. The van der Waals surface area contributed by atoms with E-state index in [1.54, 1.807) is 7.05 Å². The zero-order chi connectivity index (χ0) is 14.8. The van der Waals surface area contributed by atoms with E-state index in [0.717, 1.165) is 17.9 Å². The quantitative estimate of drug-likeness (QED) is 0.876. The largest absolute Gasteiger partial charge is 0.394 e. The first-order chi connectivity index (χ1) is 9.48. The lowest BCUT2D eigenvalue weighted by molar-refractivity contribution is 0.157. The Morgan fingerprint density at radius 1 is 1.55 bits per heavy atom. The number of carbonyl (C=O) groups excluding carboxylic acids is 1. The summed E-state index contributed by atoms with van der Waals surface area (Å²) < 4.78 is 0. The number of nitrogens with zero attached hydrogens (tertiary/aromatic N) is 1. The maximum atomic E-state index is 12.0. The average Bonchev–Trinajstić information content (AvgIpc) is 3.24. The summed E-state index contributed by atoms with van der Waals surface area (Å²) in [4.78, 5) is 13.5. The molecule has 1 fully saturated rings. The van der Waals surface area contributed by atoms with Crippen molar-refractivity contribution in [3.05, 3.63) is 34.9 Å². The van der Waals surface area contributed by atoms with Crippen LogP contribution < -0.4 is 5.32 Å². The molecule has 2 rings (SSSR count). The lowest BCUT2D eigenvalue weighted by Gasteiger charge is -2.25. The average molecular weight is 297 g/mol. The third kappa shape index (κ3) is 3.25. The number of halogens is 1. The van der Waals surface area contributed by atoms with Crippen LogP contribution in [0.3, 0.4) is 0 Å². The van der Waals surface area contributed by atoms with E-state index in [4.69, 9.17) is 16.7 Å². The van der Waals surface area contributed by atoms with E-state index in [9.17, 15) is 4.79 Å². The second kappa shape index (κ2) is 6.02. The number of aliphatic hydroxyl groups excluding tert-OH is 1. The summed E-state index contributed by atoms with van der Waals surface area (Å²) in [5.41, 5.74) is 1.22. The van der Waals surface area contributed by atoms with Crippen molar-refractivity contribution in [2.75, 3.05) is 20.2 Å². The van der Waals surface area contributed by atoms with Crippen LogP contribution in [0.4, 0.5) is 4.79 Å². The van der Waals surface area contributed by atoms with Crippen molar-refractivity contribution in [1.29, 1.82) is 0 Å². The monoisotopic (exact) mass is 296 g/mol. The van der Waals surface area contributed by atoms with E-state index in [2.05, 4.69) is 11.4 Å². The molecule has 2 N–H and O–H groups in total. The Morgan fingerprint density at radius 3 is 2.80 bits per heavy atom. The molecule has 5 heteroatoms. The van der Waals surface area contributed by atoms with Gasteiger partial charge in [-0.15, -0.1) is 0 Å². The number of urea groups is 1. The SMILES string of the molecule is CC(CO)N(C)C(=O)NCC1(c2cccc(Cl)c2)CC1. The molecule has 0 aromatic heterocycles. The molecule has 0 heterocycles. The minimum Gasteiger partial charge on any atom is -0.394 e. The van der Waals surface area contributed by atoms with Crippen LogP contribution in [0.15, 0.2) is 24.3 Å². The Kier molecular flexibility index (Phi) is 4.55. The van der Waals surface area contributed by atoms with Crippen LogP contribution in [0.25, 0.3) is 0 Å². The molecule has 2 amide bonds. The van der Waals surface area contributed by atoms with E-state index in [0.29, 0.717) is 6.54 Å². The van der Waals surface area contributed by atoms with Crippen LogP contribution in [0.1, 0.15) is 25.3 Å². The van der Waals surface area contributed by atoms with Gasteiger partial charge >= 0.3 is 6.03 Å². The Morgan fingerprint density at radius 2 is 2.25 bits per heavy atom. The number of hydrogen-bond donors (Lipinski definition) is 2. The van der Waals surface area contributed by atoms with Crippen LogP contribution in [0.5, 0.6) is 0 Å². The molecule has 4 nitrogen and oxygen atoms in total. The Balaban J connectivity index is 1.95. The predicted octanol–water partition coefficient (Wildman–Crippen LogP) is 2.39. The fourth-order valence-electron chi connectivity index (χ4n) is 2.23. The molecule has 1 aliphatic carbocycles. The van der Waals surface area contributed by atoms with Crippen LogP contribution in [-0.2, 0) is 5.41 Å². The summed E-state index contributed by atoms with van der Waals surface area (Å²) in [7, 11) is 1.69. The molecule has 0 saturated heterocycles. The van der Waals surface area contributed by atoms with Crippen molar-refractivity contribution in [3.63, 3.8) is 0 Å². The highest BCUT2D eigenvalue weighted by Gasteiger charge is 2.44. The topological polar surface area (TPSA) is 52.6 Å². The molecule has 1 unspecified atom stereocenters. The number of hydrogen-bond acceptors (Lipinski definition) is 2. The number of benzene rings is 1. The number of aliphatic hydroxyl groups is 1. The second-order valence-electron chi connectivity index (χ2n) is 5.59. The zero-order valence-corrected chi connectivity index (χ0v) is 12.7. The van der Waals surface area contributed by atoms with Crippen LogP contribution in [0.2, 0.25) is 5.02 Å². The van der Waals surface area contributed by atoms with E-state index in [-0.39, 0.29) is 24.1 Å². The van der Waals surface area contributed by atoms with Gasteiger partial charge in [-0.25, -0.2) is 4.79 Å². The zero-order valence-electron chi connectivity index (χ0n) is 11.9. The molecule has 0 radical (unpaired) electrons. The predicted molar refractivity (Wildman–Crippen MR) is 80.1 cm³/mol. The lowest BCUT2D eigenvalue weighted by Crippen LogP contribution is -2.45. The molecule has 1 aromatic carbocycles. The minimum atomic E-state index is -0.184. The van der Waals surface area contributed by atoms with Gasteiger partial charge in [0, 0.05) is 24.0 Å². The number of nitrogens with one attached hydrogen (secondary N) is 1. The van der Waals surface area contributed by atoms with Crippen LogP contribution >= 0.6 is 11.6 Å². The number of amides is 2. The first kappa shape index (κ1) is 15.1. The third-order valence-electron chi connectivity index (χ3n) is 4.11. The molecule has 0 bridgehead atoms. The molecule has 20 heavy (non-hydrogen) atoms. The number of carbonyl (C=O) groups is 1. The molecule has 1 atom stereocenters. The highest BCUT2D eigenvalue weighted by atomic mass is 35.5. The fourth-order valence-corrected chi connectivity index (χ4v) is 2.42. The normalized spacial score (nSPS) is 17.4. The van der Waals surface area contributed by atoms with E-state index in [1.807, 2.05) is 25.1 Å². The van der Waals surface area contributed by atoms with Crippen LogP contribution in [-0.4, -0.2) is 42.3 Å². The molecule has 1 saturated carbocycles. The van der Waals surface area contributed by atoms with Gasteiger partial charge in [0.05, 0.1) is 12.6 Å². The summed E-state index contributed by atoms with van der Waals surface area (Å²) >= 11 is 6.03. The van der Waals surface area contributed by atoms with Crippen molar-refractivity contribution >= 4 is 17.6 Å². The van der Waals surface area contributed by atoms with Gasteiger partial charge in [0.25, 0.3) is 0 Å². The van der Waals surface area contributed by atoms with E-state index < -0.39 is 0 Å². The minimum absolute atomic E-state index is 0.0316. The van der Waals surface area contributed by atoms with E-state index in [1.165, 1.54) is 10.5 Å². The van der Waals surface area contributed by atoms with Crippen LogP contribution in [0, 0.1) is 0 Å². The van der Waals surface area contributed by atoms with Gasteiger partial charge in [-0.3, -0.25) is 0 Å². The van der Waals surface area contributed by atoms with Gasteiger partial charge < -0.3 is 15.3 Å². The van der Waals surface area contributed by atoms with Crippen molar-refractivity contribution < 1.29 is 9.90 Å². The van der Waals surface area contributed by atoms with Gasteiger partial charge in [0.15, 0.2) is 0 Å². The third-order valence-corrected chi connectivity index (χ3v) is 4.35. The summed E-state index contributed by atoms with van der Waals surface area (Å²) in [5, 5.41) is 12.7.